The van der Waals surface area contributed by atoms with Crippen LogP contribution in [0.1, 0.15) is 30.1 Å². The number of phenols is 3. The third kappa shape index (κ3) is 11.0. The second-order valence-corrected chi connectivity index (χ2v) is 16.5. The molecule has 4 heterocycles. The molecule has 346 valence electrons. The molecule has 2 amide bonds. The van der Waals surface area contributed by atoms with E-state index in [0.29, 0.717) is 11.4 Å². The zero-order valence-corrected chi connectivity index (χ0v) is 41.0. The fraction of sp³-hybridized carbons (Fsp3) is 0.111. The normalized spacial score (nSPS) is 10.6. The van der Waals surface area contributed by atoms with Crippen molar-refractivity contribution in [2.24, 2.45) is 0 Å². The molecule has 0 aliphatic rings. The summed E-state index contributed by atoms with van der Waals surface area (Å²) in [6, 6.07) is 46.5. The van der Waals surface area contributed by atoms with Gasteiger partial charge in [0.15, 0.2) is 0 Å². The van der Waals surface area contributed by atoms with Gasteiger partial charge >= 0.3 is 0 Å². The van der Waals surface area contributed by atoms with E-state index in [0.717, 1.165) is 60.2 Å². The Kier molecular flexibility index (Phi) is 15.9. The summed E-state index contributed by atoms with van der Waals surface area (Å²) in [6.07, 6.45) is 3.27. The number of para-hydroxylation sites is 2. The van der Waals surface area contributed by atoms with Crippen LogP contribution in [0, 0.1) is 27.7 Å². The summed E-state index contributed by atoms with van der Waals surface area (Å²) < 4.78 is 10.1. The highest BCUT2D eigenvalue weighted by atomic mass is 79.9. The fourth-order valence-corrected chi connectivity index (χ4v) is 8.51. The first-order chi connectivity index (χ1) is 33.4. The van der Waals surface area contributed by atoms with E-state index in [9.17, 15) is 24.9 Å². The molecule has 14 heteroatoms. The fourth-order valence-electron chi connectivity index (χ4n) is 8.16. The summed E-state index contributed by atoms with van der Waals surface area (Å²) in [6.45, 7) is 7.08. The number of aromatic hydroxyl groups is 3. The van der Waals surface area contributed by atoms with Crippen LogP contribution in [-0.4, -0.2) is 57.5 Å². The van der Waals surface area contributed by atoms with Crippen LogP contribution in [0.3, 0.4) is 0 Å². The Balaban J connectivity index is 0.000000165. The SMILES string of the molecule is Brc1ccc2c3ccccc3n(-c3ccccn3)c2c1.CBr.Cc1cc(O)cc(C)c1NC(=O)CC(=O)Nc1c(C)cc(O)cc1C.Oc1ccc2c3ccccc3n(-c3ccccn3)c2c1.[2H]O. The number of anilines is 2. The minimum absolute atomic E-state index is 0.129. The van der Waals surface area contributed by atoms with Crippen LogP contribution in [0.15, 0.2) is 162 Å². The van der Waals surface area contributed by atoms with Crippen molar-refractivity contribution < 1.29 is 31.8 Å². The number of nitrogens with zero attached hydrogens (tertiary/aromatic N) is 4. The molecule has 0 spiro atoms. The molecule has 68 heavy (non-hydrogen) atoms. The zero-order valence-electron chi connectivity index (χ0n) is 38.9. The van der Waals surface area contributed by atoms with Crippen molar-refractivity contribution in [1.82, 2.24) is 19.1 Å². The van der Waals surface area contributed by atoms with Crippen LogP contribution < -0.4 is 10.6 Å². The third-order valence-electron chi connectivity index (χ3n) is 10.9. The Hall–Kier alpha value is -7.52. The lowest BCUT2D eigenvalue weighted by Crippen LogP contribution is -2.22. The predicted molar refractivity (Wildman–Crippen MR) is 282 cm³/mol. The largest absolute Gasteiger partial charge is 0.508 e. The molecular formula is C54H50Br2N6O6. The van der Waals surface area contributed by atoms with Gasteiger partial charge in [-0.3, -0.25) is 18.7 Å². The quantitative estimate of drug-likeness (QED) is 0.0623. The summed E-state index contributed by atoms with van der Waals surface area (Å²) in [5.74, 6) is 3.24. The average Bonchev–Trinajstić information content (AvgIpc) is 3.85. The number of phenolic OH excluding ortho intramolecular Hbond substituents is 3. The topological polar surface area (TPSA) is 186 Å². The van der Waals surface area contributed by atoms with Crippen molar-refractivity contribution in [2.45, 2.75) is 34.1 Å². The number of pyridine rings is 2. The van der Waals surface area contributed by atoms with Crippen molar-refractivity contribution in [2.75, 3.05) is 16.5 Å². The molecule has 0 aliphatic heterocycles. The molecule has 10 rings (SSSR count). The molecule has 0 unspecified atom stereocenters. The first-order valence-electron chi connectivity index (χ1n) is 21.6. The second kappa shape index (κ2) is 22.3. The van der Waals surface area contributed by atoms with Crippen LogP contribution in [0.2, 0.25) is 0 Å². The first kappa shape index (κ1) is 48.4. The lowest BCUT2D eigenvalue weighted by molar-refractivity contribution is -0.123. The van der Waals surface area contributed by atoms with Gasteiger partial charge in [-0.25, -0.2) is 9.97 Å². The molecule has 6 aromatic carbocycles. The standard InChI is InChI=1S/C19H22N2O4.C17H11BrN2.C17H12N2O.CH3Br.H2O/c1-10-5-14(22)6-11(2)18(10)20-16(24)9-17(25)21-19-12(3)7-15(23)8-13(19)4;18-12-8-9-14-13-5-1-2-6-15(13)20(16(14)11-12)17-7-3-4-10-19-17;20-12-8-9-14-13-5-1-2-6-15(13)19(16(14)11-12)17-7-3-4-10-18-17;1-2;/h5-8,22-23H,9H2,1-4H3,(H,20,24)(H,21,25);1-11H;1-11,20H;1H3;1H2/i/hD. The number of amides is 2. The minimum Gasteiger partial charge on any atom is -0.508 e. The molecule has 0 atom stereocenters. The van der Waals surface area contributed by atoms with Crippen molar-refractivity contribution >= 4 is 98.7 Å². The summed E-state index contributed by atoms with van der Waals surface area (Å²) in [7, 11) is 0. The molecule has 0 bridgehead atoms. The Morgan fingerprint density at radius 3 is 1.32 bits per heavy atom. The lowest BCUT2D eigenvalue weighted by Gasteiger charge is -2.14. The van der Waals surface area contributed by atoms with Crippen LogP contribution in [0.4, 0.5) is 11.4 Å². The maximum atomic E-state index is 12.2. The first-order valence-corrected chi connectivity index (χ1v) is 23.6. The maximum Gasteiger partial charge on any atom is 0.233 e. The number of benzene rings is 6. The van der Waals surface area contributed by atoms with E-state index in [1.807, 2.05) is 66.6 Å². The maximum absolute atomic E-state index is 12.2. The summed E-state index contributed by atoms with van der Waals surface area (Å²) in [5, 5.41) is 39.1. The molecule has 0 fully saturated rings. The average molecular weight is 1040 g/mol. The number of rotatable bonds is 6. The van der Waals surface area contributed by atoms with Gasteiger partial charge in [0.2, 0.25) is 13.2 Å². The molecule has 7 N–H and O–H groups in total. The predicted octanol–water partition coefficient (Wildman–Crippen LogP) is 12.3. The molecule has 0 saturated carbocycles. The van der Waals surface area contributed by atoms with Gasteiger partial charge < -0.3 is 31.4 Å². The van der Waals surface area contributed by atoms with Gasteiger partial charge in [-0.15, -0.1) is 0 Å². The number of nitrogens with one attached hydrogen (secondary N) is 2. The van der Waals surface area contributed by atoms with Crippen molar-refractivity contribution in [3.63, 3.8) is 0 Å². The van der Waals surface area contributed by atoms with E-state index in [4.69, 9.17) is 6.91 Å². The highest BCUT2D eigenvalue weighted by molar-refractivity contribution is 9.10. The second-order valence-electron chi connectivity index (χ2n) is 15.6. The molecule has 10 aromatic rings. The number of carbonyl (C=O) groups excluding carboxylic acids is 2. The van der Waals surface area contributed by atoms with Gasteiger partial charge in [-0.05, 0) is 141 Å². The van der Waals surface area contributed by atoms with Crippen LogP contribution in [0.25, 0.3) is 55.2 Å². The van der Waals surface area contributed by atoms with Crippen molar-refractivity contribution in [3.05, 3.63) is 185 Å². The molecular weight excluding hydrogens is 988 g/mol. The van der Waals surface area contributed by atoms with Crippen LogP contribution >= 0.6 is 31.9 Å². The Morgan fingerprint density at radius 2 is 0.897 bits per heavy atom. The number of aromatic nitrogens is 4. The third-order valence-corrected chi connectivity index (χ3v) is 11.4. The highest BCUT2D eigenvalue weighted by Gasteiger charge is 2.17. The van der Waals surface area contributed by atoms with E-state index in [1.54, 1.807) is 70.3 Å². The number of fused-ring (bicyclic) bond motifs is 6. The number of carbonyl (C=O) groups is 2. The molecule has 0 radical (unpaired) electrons. The lowest BCUT2D eigenvalue weighted by atomic mass is 10.1. The van der Waals surface area contributed by atoms with Crippen molar-refractivity contribution in [3.8, 4) is 28.9 Å². The number of hydrogen-bond acceptors (Lipinski definition) is 7. The van der Waals surface area contributed by atoms with Gasteiger partial charge in [0.1, 0.15) is 35.3 Å². The van der Waals surface area contributed by atoms with E-state index in [1.165, 1.54) is 21.8 Å². The molecule has 4 aromatic heterocycles. The van der Waals surface area contributed by atoms with Gasteiger partial charge in [0, 0.05) is 55.9 Å². The number of alkyl halides is 1. The number of hydrogen-bond donors (Lipinski definition) is 5. The molecule has 0 saturated heterocycles. The van der Waals surface area contributed by atoms with E-state index in [2.05, 4.69) is 116 Å². The van der Waals surface area contributed by atoms with E-state index in [-0.39, 0.29) is 23.7 Å². The Labute approximate surface area is 411 Å². The number of aryl methyl sites for hydroxylation is 4. The zero-order chi connectivity index (χ0) is 49.8. The van der Waals surface area contributed by atoms with Gasteiger partial charge in [0.25, 0.3) is 0 Å². The minimum atomic E-state index is -0.441. The Morgan fingerprint density at radius 1 is 0.515 bits per heavy atom. The van der Waals surface area contributed by atoms with E-state index >= 15 is 0 Å². The van der Waals surface area contributed by atoms with Gasteiger partial charge in [0.05, 0.1) is 22.1 Å². The highest BCUT2D eigenvalue weighted by Crippen LogP contribution is 2.35. The summed E-state index contributed by atoms with van der Waals surface area (Å²) >= 11 is 6.50. The summed E-state index contributed by atoms with van der Waals surface area (Å²) in [4.78, 5) is 33.2. The van der Waals surface area contributed by atoms with Crippen molar-refractivity contribution in [1.29, 1.82) is 0 Å². The van der Waals surface area contributed by atoms with Gasteiger partial charge in [-0.1, -0.05) is 86.5 Å². The van der Waals surface area contributed by atoms with E-state index < -0.39 is 11.8 Å². The smallest absolute Gasteiger partial charge is 0.233 e. The van der Waals surface area contributed by atoms with Crippen LogP contribution in [-0.2, 0) is 9.59 Å². The molecule has 0 aliphatic carbocycles. The van der Waals surface area contributed by atoms with Crippen LogP contribution in [0.5, 0.6) is 17.2 Å². The Bertz CT molecular complexity index is 3130. The molecule has 12 nitrogen and oxygen atoms in total. The van der Waals surface area contributed by atoms with Gasteiger partial charge in [-0.2, -0.15) is 0 Å². The number of halogens is 2. The monoisotopic (exact) mass is 1040 g/mol. The summed E-state index contributed by atoms with van der Waals surface area (Å²) in [5.41, 5.74) is 14.7.